The van der Waals surface area contributed by atoms with E-state index in [1.807, 2.05) is 39.4 Å². The molecule has 0 amide bonds. The lowest BCUT2D eigenvalue weighted by atomic mass is 10.1. The van der Waals surface area contributed by atoms with E-state index in [-0.39, 0.29) is 26.1 Å². The number of carbonyl (C=O) groups is 2. The monoisotopic (exact) mass is 708 g/mol. The van der Waals surface area contributed by atoms with E-state index < -0.39 is 32.5 Å². The number of esters is 2. The number of hydrogen-bond donors (Lipinski definition) is 1. The summed E-state index contributed by atoms with van der Waals surface area (Å²) in [6.45, 7) is 4.05. The second kappa shape index (κ2) is 31.4. The minimum absolute atomic E-state index is 0.0171. The number of rotatable bonds is 31. The van der Waals surface area contributed by atoms with Crippen molar-refractivity contribution in [1.29, 1.82) is 0 Å². The Morgan fingerprint density at radius 1 is 0.653 bits per heavy atom. The molecule has 0 aliphatic heterocycles. The molecule has 49 heavy (non-hydrogen) atoms. The van der Waals surface area contributed by atoms with Crippen LogP contribution in [-0.4, -0.2) is 74.9 Å². The van der Waals surface area contributed by atoms with Crippen LogP contribution in [0.25, 0.3) is 0 Å². The van der Waals surface area contributed by atoms with Gasteiger partial charge >= 0.3 is 19.8 Å². The highest BCUT2D eigenvalue weighted by Crippen LogP contribution is 2.43. The number of phosphoric acid groups is 1. The average molecular weight is 709 g/mol. The minimum atomic E-state index is -4.38. The number of ether oxygens (including phenoxy) is 2. The quantitative estimate of drug-likeness (QED) is 0.0190. The van der Waals surface area contributed by atoms with E-state index in [4.69, 9.17) is 18.5 Å². The molecule has 0 aliphatic carbocycles. The highest BCUT2D eigenvalue weighted by atomic mass is 31.2. The standard InChI is InChI=1S/C39H66NO8P/c1-6-8-10-12-14-16-18-20-22-24-26-28-30-32-39(42)48-37(36-47-49(43,44)46-34-33-40(3,4)5)35-45-38(41)31-29-27-25-23-21-19-17-15-13-11-9-7-2/h8-12,14-18,21,23,37H,6-7,13,19-20,22,24-36H2,1-5H3/p+1/b10-8+,11-9+,14-12+,17-15+,18-16+,23-21+. The van der Waals surface area contributed by atoms with Gasteiger partial charge < -0.3 is 18.9 Å². The molecule has 2 atom stereocenters. The summed E-state index contributed by atoms with van der Waals surface area (Å²) in [7, 11) is 1.42. The number of hydrogen-bond acceptors (Lipinski definition) is 7. The maximum Gasteiger partial charge on any atom is 0.472 e. The van der Waals surface area contributed by atoms with Crippen molar-refractivity contribution >= 4 is 19.8 Å². The summed E-state index contributed by atoms with van der Waals surface area (Å²) >= 11 is 0. The summed E-state index contributed by atoms with van der Waals surface area (Å²) in [6, 6.07) is 0. The fourth-order valence-corrected chi connectivity index (χ4v) is 4.94. The van der Waals surface area contributed by atoms with Crippen LogP contribution in [0, 0.1) is 0 Å². The molecule has 0 aromatic heterocycles. The van der Waals surface area contributed by atoms with Crippen LogP contribution in [0.4, 0.5) is 0 Å². The highest BCUT2D eigenvalue weighted by Gasteiger charge is 2.27. The van der Waals surface area contributed by atoms with Crippen molar-refractivity contribution in [3.05, 3.63) is 72.9 Å². The molecule has 9 nitrogen and oxygen atoms in total. The van der Waals surface area contributed by atoms with E-state index >= 15 is 0 Å². The Morgan fingerprint density at radius 2 is 1.20 bits per heavy atom. The number of likely N-dealkylation sites (N-methyl/N-ethyl adjacent to an activating group) is 1. The van der Waals surface area contributed by atoms with Gasteiger partial charge in [0.2, 0.25) is 0 Å². The topological polar surface area (TPSA) is 108 Å². The zero-order chi connectivity index (χ0) is 36.5. The van der Waals surface area contributed by atoms with Gasteiger partial charge in [0.15, 0.2) is 6.10 Å². The highest BCUT2D eigenvalue weighted by molar-refractivity contribution is 7.47. The molecule has 0 spiro atoms. The Labute approximate surface area is 298 Å². The lowest BCUT2D eigenvalue weighted by Crippen LogP contribution is -2.37. The molecule has 0 aliphatic rings. The Bertz CT molecular complexity index is 1070. The molecule has 0 rings (SSSR count). The van der Waals surface area contributed by atoms with Gasteiger partial charge in [-0.15, -0.1) is 0 Å². The van der Waals surface area contributed by atoms with E-state index in [1.165, 1.54) is 0 Å². The Hall–Kier alpha value is -2.55. The Kier molecular flexibility index (Phi) is 29.8. The summed E-state index contributed by atoms with van der Waals surface area (Å²) in [5.74, 6) is -0.882. The fraction of sp³-hybridized carbons (Fsp3) is 0.641. The molecule has 0 bridgehead atoms. The van der Waals surface area contributed by atoms with Gasteiger partial charge in [-0.05, 0) is 64.2 Å². The zero-order valence-corrected chi connectivity index (χ0v) is 32.0. The molecule has 0 aromatic carbocycles. The van der Waals surface area contributed by atoms with Gasteiger partial charge in [0.05, 0.1) is 27.7 Å². The second-order valence-electron chi connectivity index (χ2n) is 12.9. The van der Waals surface area contributed by atoms with E-state index in [2.05, 4.69) is 68.5 Å². The van der Waals surface area contributed by atoms with Crippen LogP contribution in [0.2, 0.25) is 0 Å². The van der Waals surface area contributed by atoms with Gasteiger partial charge in [0.1, 0.15) is 19.8 Å². The van der Waals surface area contributed by atoms with E-state index in [9.17, 15) is 19.0 Å². The SMILES string of the molecule is CC/C=C/C=C/C=C/CCCCCCCC(=O)OC(COC(=O)CCCC/C=C/C/C=C/C/C=C/CC)COP(=O)(O)OCC[N+](C)(C)C. The summed E-state index contributed by atoms with van der Waals surface area (Å²) in [5, 5.41) is 0. The molecule has 0 radical (unpaired) electrons. The normalized spacial score (nSPS) is 14.7. The summed E-state index contributed by atoms with van der Waals surface area (Å²) in [5.41, 5.74) is 0. The van der Waals surface area contributed by atoms with Crippen LogP contribution in [-0.2, 0) is 32.7 Å². The maximum absolute atomic E-state index is 12.6. The maximum atomic E-state index is 12.6. The molecule has 0 aromatic rings. The number of allylic oxidation sites excluding steroid dienone is 12. The summed E-state index contributed by atoms with van der Waals surface area (Å²) in [6.07, 6.45) is 36.8. The summed E-state index contributed by atoms with van der Waals surface area (Å²) < 4.78 is 34.0. The molecule has 0 saturated carbocycles. The lowest BCUT2D eigenvalue weighted by Gasteiger charge is -2.24. The van der Waals surface area contributed by atoms with E-state index in [0.717, 1.165) is 70.6 Å². The second-order valence-corrected chi connectivity index (χ2v) is 14.4. The van der Waals surface area contributed by atoms with Gasteiger partial charge in [0.25, 0.3) is 0 Å². The first-order chi connectivity index (χ1) is 23.5. The van der Waals surface area contributed by atoms with E-state index in [1.54, 1.807) is 0 Å². The van der Waals surface area contributed by atoms with Gasteiger partial charge in [-0.1, -0.05) is 106 Å². The molecule has 1 N–H and O–H groups in total. The molecular formula is C39H67NO8P+. The van der Waals surface area contributed by atoms with Gasteiger partial charge in [0, 0.05) is 12.8 Å². The van der Waals surface area contributed by atoms with E-state index in [0.29, 0.717) is 23.9 Å². The predicted octanol–water partition coefficient (Wildman–Crippen LogP) is 9.51. The van der Waals surface area contributed by atoms with Crippen molar-refractivity contribution in [3.63, 3.8) is 0 Å². The minimum Gasteiger partial charge on any atom is -0.462 e. The van der Waals surface area contributed by atoms with Crippen LogP contribution >= 0.6 is 7.82 Å². The van der Waals surface area contributed by atoms with Crippen molar-refractivity contribution in [1.82, 2.24) is 0 Å². The molecule has 0 fully saturated rings. The number of phosphoric ester groups is 1. The molecular weight excluding hydrogens is 641 g/mol. The number of unbranched alkanes of at least 4 members (excludes halogenated alkanes) is 7. The Balaban J connectivity index is 4.58. The lowest BCUT2D eigenvalue weighted by molar-refractivity contribution is -0.870. The molecule has 280 valence electrons. The molecule has 0 saturated heterocycles. The summed E-state index contributed by atoms with van der Waals surface area (Å²) in [4.78, 5) is 35.1. The van der Waals surface area contributed by atoms with Crippen molar-refractivity contribution in [2.75, 3.05) is 47.5 Å². The van der Waals surface area contributed by atoms with Gasteiger partial charge in [-0.2, -0.15) is 0 Å². The number of quaternary nitrogens is 1. The first kappa shape index (κ1) is 46.5. The van der Waals surface area contributed by atoms with Crippen molar-refractivity contribution < 1.29 is 42.1 Å². The first-order valence-corrected chi connectivity index (χ1v) is 19.7. The fourth-order valence-electron chi connectivity index (χ4n) is 4.20. The molecule has 0 heterocycles. The third-order valence-corrected chi connectivity index (χ3v) is 8.03. The van der Waals surface area contributed by atoms with Crippen LogP contribution in [0.3, 0.4) is 0 Å². The van der Waals surface area contributed by atoms with Crippen LogP contribution < -0.4 is 0 Å². The van der Waals surface area contributed by atoms with Gasteiger partial charge in [-0.3, -0.25) is 18.6 Å². The van der Waals surface area contributed by atoms with Crippen LogP contribution in [0.1, 0.15) is 110 Å². The predicted molar refractivity (Wildman–Crippen MR) is 201 cm³/mol. The first-order valence-electron chi connectivity index (χ1n) is 18.2. The van der Waals surface area contributed by atoms with Gasteiger partial charge in [-0.25, -0.2) is 4.57 Å². The molecule has 2 unspecified atom stereocenters. The third kappa shape index (κ3) is 35.1. The Morgan fingerprint density at radius 3 is 1.90 bits per heavy atom. The molecule has 10 heteroatoms. The number of nitrogens with zero attached hydrogens (tertiary/aromatic N) is 1. The zero-order valence-electron chi connectivity index (χ0n) is 31.1. The van der Waals surface area contributed by atoms with Crippen LogP contribution in [0.5, 0.6) is 0 Å². The van der Waals surface area contributed by atoms with Crippen molar-refractivity contribution in [2.45, 2.75) is 116 Å². The number of carbonyl (C=O) groups excluding carboxylic acids is 2. The van der Waals surface area contributed by atoms with Crippen molar-refractivity contribution in [2.24, 2.45) is 0 Å². The van der Waals surface area contributed by atoms with Crippen molar-refractivity contribution in [3.8, 4) is 0 Å². The third-order valence-electron chi connectivity index (χ3n) is 7.04. The smallest absolute Gasteiger partial charge is 0.462 e. The average Bonchev–Trinajstić information content (AvgIpc) is 3.04. The van der Waals surface area contributed by atoms with Crippen LogP contribution in [0.15, 0.2) is 72.9 Å². The largest absolute Gasteiger partial charge is 0.472 e.